The standard InChI is InChI=1S/C36H35FNO12P/c37-22-11-6-20(7-12-22)27(39)17-16-26-29(38(34(26)43)23-4-2-1-3-5-23)25-15-10-21(19-8-13-24(14-9-19)51(46,47)48)18-28(25)49-36-32(42)30(40)31(41)33(50-36)35(44)45/h1-15,18,26-27,29-33,36,39-42H,16-17H2,(H,44,45)(H2,46,47,48)/t26-,27+,29-,30+,31+,32?,33?,36-/m1/s1. The van der Waals surface area contributed by atoms with E-state index < -0.39 is 68.2 Å². The van der Waals surface area contributed by atoms with Crippen LogP contribution in [0.2, 0.25) is 0 Å². The predicted octanol–water partition coefficient (Wildman–Crippen LogP) is 2.78. The van der Waals surface area contributed by atoms with Gasteiger partial charge in [0.2, 0.25) is 12.2 Å². The monoisotopic (exact) mass is 723 g/mol. The number of carboxylic acids is 1. The van der Waals surface area contributed by atoms with Crippen LogP contribution in [-0.4, -0.2) is 77.9 Å². The molecule has 0 spiro atoms. The summed E-state index contributed by atoms with van der Waals surface area (Å²) in [7, 11) is -4.53. The molecule has 6 rings (SSSR count). The molecule has 15 heteroatoms. The van der Waals surface area contributed by atoms with Gasteiger partial charge >= 0.3 is 13.6 Å². The highest BCUT2D eigenvalue weighted by Crippen LogP contribution is 2.50. The number of halogens is 1. The highest BCUT2D eigenvalue weighted by molar-refractivity contribution is 7.60. The van der Waals surface area contributed by atoms with Crippen LogP contribution in [0, 0.1) is 11.7 Å². The van der Waals surface area contributed by atoms with Gasteiger partial charge in [0.1, 0.15) is 29.9 Å². The number of ether oxygens (including phenoxy) is 2. The number of carbonyl (C=O) groups excluding carboxylic acids is 1. The first-order chi connectivity index (χ1) is 24.2. The van der Waals surface area contributed by atoms with E-state index in [9.17, 15) is 53.9 Å². The summed E-state index contributed by atoms with van der Waals surface area (Å²) in [6.45, 7) is 0. The van der Waals surface area contributed by atoms with Gasteiger partial charge < -0.3 is 49.7 Å². The van der Waals surface area contributed by atoms with Crippen LogP contribution in [0.4, 0.5) is 10.1 Å². The van der Waals surface area contributed by atoms with E-state index in [1.165, 1.54) is 59.5 Å². The highest BCUT2D eigenvalue weighted by Gasteiger charge is 2.51. The number of rotatable bonds is 11. The highest BCUT2D eigenvalue weighted by atomic mass is 31.2. The summed E-state index contributed by atoms with van der Waals surface area (Å²) in [6, 6.07) is 23.7. The quantitative estimate of drug-likeness (QED) is 0.0879. The topological polar surface area (TPSA) is 215 Å². The molecule has 0 bridgehead atoms. The molecule has 0 aromatic heterocycles. The molecular weight excluding hydrogens is 688 g/mol. The Kier molecular flexibility index (Phi) is 10.4. The van der Waals surface area contributed by atoms with Crippen molar-refractivity contribution in [2.45, 2.75) is 55.7 Å². The molecule has 1 amide bonds. The van der Waals surface area contributed by atoms with Crippen molar-refractivity contribution in [3.05, 3.63) is 114 Å². The number of aliphatic hydroxyl groups is 4. The fourth-order valence-corrected chi connectivity index (χ4v) is 6.97. The van der Waals surface area contributed by atoms with Crippen LogP contribution in [0.25, 0.3) is 11.1 Å². The Labute approximate surface area is 290 Å². The van der Waals surface area contributed by atoms with E-state index >= 15 is 0 Å². The Bertz CT molecular complexity index is 1920. The molecule has 4 aromatic carbocycles. The van der Waals surface area contributed by atoms with Gasteiger partial charge in [-0.2, -0.15) is 0 Å². The van der Waals surface area contributed by atoms with Gasteiger partial charge in [-0.15, -0.1) is 0 Å². The Hall–Kier alpha value is -4.50. The fraction of sp³-hybridized carbons (Fsp3) is 0.278. The Morgan fingerprint density at radius 3 is 2.16 bits per heavy atom. The molecule has 7 N–H and O–H groups in total. The van der Waals surface area contributed by atoms with Crippen LogP contribution in [0.15, 0.2) is 97.1 Å². The van der Waals surface area contributed by atoms with Gasteiger partial charge in [-0.25, -0.2) is 9.18 Å². The van der Waals surface area contributed by atoms with Gasteiger partial charge in [0, 0.05) is 11.3 Å². The van der Waals surface area contributed by atoms with E-state index in [2.05, 4.69) is 0 Å². The molecule has 2 unspecified atom stereocenters. The van der Waals surface area contributed by atoms with Crippen LogP contribution >= 0.6 is 7.60 Å². The number of amides is 1. The van der Waals surface area contributed by atoms with Crippen LogP contribution in [-0.2, 0) is 18.9 Å². The molecule has 51 heavy (non-hydrogen) atoms. The summed E-state index contributed by atoms with van der Waals surface area (Å²) in [5.41, 5.74) is 2.36. The Morgan fingerprint density at radius 2 is 1.53 bits per heavy atom. The van der Waals surface area contributed by atoms with Crippen molar-refractivity contribution in [3.8, 4) is 16.9 Å². The number of β-lactam (4-membered cyclic amide) rings is 1. The van der Waals surface area contributed by atoms with Crippen molar-refractivity contribution >= 4 is 30.5 Å². The normalized spacial score (nSPS) is 25.6. The SMILES string of the molecule is O=C(O)C1O[C@@H](Oc2cc(-c3ccc(P(=O)(O)O)cc3)ccc2[C@@H]2[C@@H](CC[C@H](O)c3ccc(F)cc3)C(=O)N2c2ccccc2)C(O)[C@@H](O)[C@@H]1O. The van der Waals surface area contributed by atoms with Gasteiger partial charge in [0.15, 0.2) is 6.10 Å². The molecule has 2 aliphatic rings. The number of carbonyl (C=O) groups is 2. The molecule has 0 aliphatic carbocycles. The van der Waals surface area contributed by atoms with E-state index in [1.807, 2.05) is 0 Å². The van der Waals surface area contributed by atoms with Crippen LogP contribution in [0.5, 0.6) is 5.75 Å². The average molecular weight is 724 g/mol. The summed E-state index contributed by atoms with van der Waals surface area (Å²) < 4.78 is 36.8. The molecule has 13 nitrogen and oxygen atoms in total. The lowest BCUT2D eigenvalue weighted by atomic mass is 9.77. The molecule has 0 saturated carbocycles. The summed E-state index contributed by atoms with van der Waals surface area (Å²) in [4.78, 5) is 46.3. The van der Waals surface area contributed by atoms with Gasteiger partial charge in [0.25, 0.3) is 0 Å². The summed E-state index contributed by atoms with van der Waals surface area (Å²) >= 11 is 0. The maximum atomic E-state index is 13.8. The Balaban J connectivity index is 1.40. The van der Waals surface area contributed by atoms with E-state index in [0.717, 1.165) is 0 Å². The second kappa shape index (κ2) is 14.6. The van der Waals surface area contributed by atoms with Crippen LogP contribution in [0.1, 0.15) is 36.1 Å². The van der Waals surface area contributed by atoms with Crippen molar-refractivity contribution in [2.24, 2.45) is 5.92 Å². The third-order valence-corrected chi connectivity index (χ3v) is 10.2. The van der Waals surface area contributed by atoms with E-state index in [-0.39, 0.29) is 29.8 Å². The molecule has 2 saturated heterocycles. The lowest BCUT2D eigenvalue weighted by molar-refractivity contribution is -0.271. The zero-order valence-corrected chi connectivity index (χ0v) is 27.6. The third kappa shape index (κ3) is 7.45. The van der Waals surface area contributed by atoms with Gasteiger partial charge in [-0.3, -0.25) is 9.36 Å². The second-order valence-corrected chi connectivity index (χ2v) is 14.0. The molecular formula is C36H35FNO12P. The number of aliphatic hydroxyl groups excluding tert-OH is 4. The molecule has 2 fully saturated rings. The maximum Gasteiger partial charge on any atom is 0.356 e. The van der Waals surface area contributed by atoms with Gasteiger partial charge in [0.05, 0.1) is 23.4 Å². The number of anilines is 1. The number of benzene rings is 4. The number of aliphatic carboxylic acids is 1. The minimum Gasteiger partial charge on any atom is -0.479 e. The number of nitrogens with zero attached hydrogens (tertiary/aromatic N) is 1. The van der Waals surface area contributed by atoms with Crippen molar-refractivity contribution in [1.82, 2.24) is 0 Å². The lowest BCUT2D eigenvalue weighted by Gasteiger charge is -2.48. The van der Waals surface area contributed by atoms with Crippen LogP contribution < -0.4 is 14.9 Å². The molecule has 268 valence electrons. The minimum absolute atomic E-state index is 0.00542. The molecule has 8 atom stereocenters. The maximum absolute atomic E-state index is 13.8. The smallest absolute Gasteiger partial charge is 0.356 e. The fourth-order valence-electron chi connectivity index (χ4n) is 6.43. The average Bonchev–Trinajstić information content (AvgIpc) is 3.11. The first-order valence-electron chi connectivity index (χ1n) is 16.0. The van der Waals surface area contributed by atoms with E-state index in [0.29, 0.717) is 27.9 Å². The number of hydrogen-bond acceptors (Lipinski definition) is 9. The molecule has 4 aromatic rings. The minimum atomic E-state index is -4.53. The summed E-state index contributed by atoms with van der Waals surface area (Å²) in [5.74, 6) is -3.05. The van der Waals surface area contributed by atoms with Crippen molar-refractivity contribution in [2.75, 3.05) is 4.90 Å². The summed E-state index contributed by atoms with van der Waals surface area (Å²) in [5, 5.41) is 51.8. The first kappa shape index (κ1) is 36.3. The third-order valence-electron chi connectivity index (χ3n) is 9.18. The van der Waals surface area contributed by atoms with E-state index in [1.54, 1.807) is 42.5 Å². The number of para-hydroxylation sites is 1. The van der Waals surface area contributed by atoms with Crippen molar-refractivity contribution < 1.29 is 63.3 Å². The van der Waals surface area contributed by atoms with Gasteiger partial charge in [-0.1, -0.05) is 54.6 Å². The Morgan fingerprint density at radius 1 is 0.882 bits per heavy atom. The molecule has 2 heterocycles. The van der Waals surface area contributed by atoms with Crippen molar-refractivity contribution in [1.29, 1.82) is 0 Å². The van der Waals surface area contributed by atoms with Crippen molar-refractivity contribution in [3.63, 3.8) is 0 Å². The van der Waals surface area contributed by atoms with Gasteiger partial charge in [-0.05, 0) is 72.0 Å². The van der Waals surface area contributed by atoms with Crippen LogP contribution in [0.3, 0.4) is 0 Å². The number of hydrogen-bond donors (Lipinski definition) is 7. The molecule has 2 aliphatic heterocycles. The zero-order chi connectivity index (χ0) is 36.6. The van der Waals surface area contributed by atoms with E-state index in [4.69, 9.17) is 9.47 Å². The lowest BCUT2D eigenvalue weighted by Crippen LogP contribution is -2.61. The predicted molar refractivity (Wildman–Crippen MR) is 179 cm³/mol. The number of carboxylic acid groups (broad SMARTS) is 1. The summed E-state index contributed by atoms with van der Waals surface area (Å²) in [6.07, 6.45) is -10.3. The zero-order valence-electron chi connectivity index (χ0n) is 26.7. The first-order valence-corrected chi connectivity index (χ1v) is 17.6. The second-order valence-electron chi connectivity index (χ2n) is 12.4. The largest absolute Gasteiger partial charge is 0.479 e. The molecule has 0 radical (unpaired) electrons.